The van der Waals surface area contributed by atoms with E-state index in [9.17, 15) is 9.59 Å². The molecular weight excluding hydrogens is 454 g/mol. The molecule has 0 saturated carbocycles. The van der Waals surface area contributed by atoms with E-state index in [0.717, 1.165) is 35.0 Å². The zero-order valence-electron chi connectivity index (χ0n) is 20.6. The number of rotatable bonds is 11. The van der Waals surface area contributed by atoms with Crippen molar-refractivity contribution in [1.82, 2.24) is 15.6 Å². The van der Waals surface area contributed by atoms with Gasteiger partial charge in [0.2, 0.25) is 0 Å². The number of carbonyl (C=O) groups is 2. The average molecular weight is 486 g/mol. The van der Waals surface area contributed by atoms with Crippen LogP contribution in [0.1, 0.15) is 47.1 Å². The topological polar surface area (TPSA) is 96.4 Å². The van der Waals surface area contributed by atoms with Gasteiger partial charge in [-0.25, -0.2) is 0 Å². The van der Waals surface area contributed by atoms with Crippen LogP contribution in [-0.2, 0) is 11.2 Å². The predicted molar refractivity (Wildman–Crippen MR) is 141 cm³/mol. The van der Waals surface area contributed by atoms with Crippen molar-refractivity contribution in [3.05, 3.63) is 95.2 Å². The van der Waals surface area contributed by atoms with Crippen LogP contribution in [-0.4, -0.2) is 29.9 Å². The molecule has 0 fully saturated rings. The zero-order chi connectivity index (χ0) is 25.3. The van der Waals surface area contributed by atoms with E-state index in [1.807, 2.05) is 25.1 Å². The third-order valence-electron chi connectivity index (χ3n) is 5.89. The molecule has 0 atom stereocenters. The van der Waals surface area contributed by atoms with Crippen LogP contribution >= 0.6 is 0 Å². The Balaban J connectivity index is 1.42. The number of benzene rings is 2. The van der Waals surface area contributed by atoms with E-state index in [1.54, 1.807) is 36.4 Å². The Morgan fingerprint density at radius 3 is 2.61 bits per heavy atom. The standard InChI is InChI=1S/C29H31N3O4/c1-3-4-17-35-22-13-11-21(12-14-22)28(33)32-27(19-23-8-7-18-36-23)29(34)30-16-15-24-20(2)31-26-10-6-5-9-25(24)26/h5-14,18-19,31H,3-4,15-17H2,1-2H3,(H,30,34)(H,32,33). The first kappa shape index (κ1) is 24.9. The summed E-state index contributed by atoms with van der Waals surface area (Å²) in [6.45, 7) is 5.18. The molecule has 36 heavy (non-hydrogen) atoms. The van der Waals surface area contributed by atoms with Gasteiger partial charge in [-0.1, -0.05) is 31.5 Å². The number of hydrogen-bond donors (Lipinski definition) is 3. The summed E-state index contributed by atoms with van der Waals surface area (Å²) in [6.07, 6.45) is 5.71. The van der Waals surface area contributed by atoms with Crippen molar-refractivity contribution in [2.45, 2.75) is 33.1 Å². The number of furan rings is 1. The highest BCUT2D eigenvalue weighted by atomic mass is 16.5. The molecule has 4 rings (SSSR count). The molecule has 186 valence electrons. The fourth-order valence-corrected chi connectivity index (χ4v) is 3.96. The van der Waals surface area contributed by atoms with Crippen molar-refractivity contribution in [2.75, 3.05) is 13.2 Å². The summed E-state index contributed by atoms with van der Waals surface area (Å²) < 4.78 is 11.0. The monoisotopic (exact) mass is 485 g/mol. The second-order valence-electron chi connectivity index (χ2n) is 8.53. The number of H-pyrrole nitrogens is 1. The normalized spacial score (nSPS) is 11.4. The fraction of sp³-hybridized carbons (Fsp3) is 0.241. The molecule has 0 unspecified atom stereocenters. The maximum atomic E-state index is 13.1. The third-order valence-corrected chi connectivity index (χ3v) is 5.89. The Kier molecular flexibility index (Phi) is 8.24. The number of amides is 2. The Bertz CT molecular complexity index is 1330. The molecule has 4 aromatic rings. The zero-order valence-corrected chi connectivity index (χ0v) is 20.6. The average Bonchev–Trinajstić information content (AvgIpc) is 3.51. The fourth-order valence-electron chi connectivity index (χ4n) is 3.96. The van der Waals surface area contributed by atoms with Gasteiger partial charge in [0.15, 0.2) is 0 Å². The van der Waals surface area contributed by atoms with Crippen LogP contribution in [0.15, 0.2) is 77.0 Å². The van der Waals surface area contributed by atoms with Crippen molar-refractivity contribution in [3.8, 4) is 5.75 Å². The van der Waals surface area contributed by atoms with Gasteiger partial charge in [-0.3, -0.25) is 9.59 Å². The smallest absolute Gasteiger partial charge is 0.267 e. The highest BCUT2D eigenvalue weighted by Crippen LogP contribution is 2.22. The molecule has 2 aromatic carbocycles. The second kappa shape index (κ2) is 11.9. The van der Waals surface area contributed by atoms with E-state index in [-0.39, 0.29) is 5.70 Å². The predicted octanol–water partition coefficient (Wildman–Crippen LogP) is 5.38. The van der Waals surface area contributed by atoms with E-state index < -0.39 is 11.8 Å². The van der Waals surface area contributed by atoms with Gasteiger partial charge in [-0.2, -0.15) is 0 Å². The summed E-state index contributed by atoms with van der Waals surface area (Å²) in [5.74, 6) is 0.386. The maximum absolute atomic E-state index is 13.1. The molecule has 2 heterocycles. The lowest BCUT2D eigenvalue weighted by Crippen LogP contribution is -2.35. The third kappa shape index (κ3) is 6.24. The highest BCUT2D eigenvalue weighted by Gasteiger charge is 2.16. The molecule has 0 aliphatic carbocycles. The number of hydrogen-bond acceptors (Lipinski definition) is 4. The van der Waals surface area contributed by atoms with E-state index in [1.165, 1.54) is 12.3 Å². The number of fused-ring (bicyclic) bond motifs is 1. The van der Waals surface area contributed by atoms with Gasteiger partial charge >= 0.3 is 0 Å². The Labute approximate surface area is 210 Å². The molecule has 0 saturated heterocycles. The van der Waals surface area contributed by atoms with Crippen LogP contribution in [0.3, 0.4) is 0 Å². The molecule has 0 aliphatic heterocycles. The van der Waals surface area contributed by atoms with Crippen LogP contribution in [0.25, 0.3) is 17.0 Å². The van der Waals surface area contributed by atoms with Gasteiger partial charge in [-0.15, -0.1) is 0 Å². The van der Waals surface area contributed by atoms with Crippen LogP contribution in [0.4, 0.5) is 0 Å². The van der Waals surface area contributed by atoms with Crippen LogP contribution in [0.2, 0.25) is 0 Å². The number of nitrogens with one attached hydrogen (secondary N) is 3. The summed E-state index contributed by atoms with van der Waals surface area (Å²) in [7, 11) is 0. The summed E-state index contributed by atoms with van der Waals surface area (Å²) in [4.78, 5) is 29.3. The first-order valence-corrected chi connectivity index (χ1v) is 12.2. The van der Waals surface area contributed by atoms with Crippen LogP contribution < -0.4 is 15.4 Å². The van der Waals surface area contributed by atoms with E-state index in [0.29, 0.717) is 36.6 Å². The molecular formula is C29H31N3O4. The van der Waals surface area contributed by atoms with Crippen molar-refractivity contribution in [3.63, 3.8) is 0 Å². The van der Waals surface area contributed by atoms with Gasteiger partial charge in [0, 0.05) is 34.8 Å². The Morgan fingerprint density at radius 2 is 1.86 bits per heavy atom. The minimum atomic E-state index is -0.393. The van der Waals surface area contributed by atoms with Gasteiger partial charge in [0.05, 0.1) is 12.9 Å². The molecule has 2 amide bonds. The number of aromatic nitrogens is 1. The van der Waals surface area contributed by atoms with Crippen LogP contribution in [0, 0.1) is 6.92 Å². The second-order valence-corrected chi connectivity index (χ2v) is 8.53. The molecule has 7 heteroatoms. The van der Waals surface area contributed by atoms with Crippen molar-refractivity contribution in [1.29, 1.82) is 0 Å². The molecule has 7 nitrogen and oxygen atoms in total. The Morgan fingerprint density at radius 1 is 1.06 bits per heavy atom. The van der Waals surface area contributed by atoms with E-state index in [2.05, 4.69) is 28.6 Å². The quantitative estimate of drug-likeness (QED) is 0.196. The maximum Gasteiger partial charge on any atom is 0.267 e. The first-order valence-electron chi connectivity index (χ1n) is 12.2. The van der Waals surface area contributed by atoms with Crippen molar-refractivity contribution >= 4 is 28.8 Å². The highest BCUT2D eigenvalue weighted by molar-refractivity contribution is 6.05. The van der Waals surface area contributed by atoms with Crippen molar-refractivity contribution in [2.24, 2.45) is 0 Å². The lowest BCUT2D eigenvalue weighted by atomic mass is 10.1. The first-order chi connectivity index (χ1) is 17.5. The van der Waals surface area contributed by atoms with Gasteiger partial charge in [-0.05, 0) is 67.8 Å². The number of ether oxygens (including phenoxy) is 1. The van der Waals surface area contributed by atoms with E-state index in [4.69, 9.17) is 9.15 Å². The summed E-state index contributed by atoms with van der Waals surface area (Å²) in [5.41, 5.74) is 3.84. The largest absolute Gasteiger partial charge is 0.494 e. The molecule has 0 radical (unpaired) electrons. The van der Waals surface area contributed by atoms with Gasteiger partial charge < -0.3 is 24.8 Å². The minimum absolute atomic E-state index is 0.105. The number of aryl methyl sites for hydroxylation is 1. The number of para-hydroxylation sites is 1. The molecule has 0 aliphatic rings. The lowest BCUT2D eigenvalue weighted by Gasteiger charge is -2.12. The number of aromatic amines is 1. The van der Waals surface area contributed by atoms with Crippen molar-refractivity contribution < 1.29 is 18.7 Å². The Hall–Kier alpha value is -4.26. The SMILES string of the molecule is CCCCOc1ccc(C(=O)NC(=Cc2ccco2)C(=O)NCCc2c(C)[nH]c3ccccc23)cc1. The van der Waals surface area contributed by atoms with Crippen LogP contribution in [0.5, 0.6) is 5.75 Å². The summed E-state index contributed by atoms with van der Waals surface area (Å²) >= 11 is 0. The van der Waals surface area contributed by atoms with E-state index >= 15 is 0 Å². The lowest BCUT2D eigenvalue weighted by molar-refractivity contribution is -0.117. The van der Waals surface area contributed by atoms with Gasteiger partial charge in [0.1, 0.15) is 17.2 Å². The molecule has 2 aromatic heterocycles. The van der Waals surface area contributed by atoms with Gasteiger partial charge in [0.25, 0.3) is 11.8 Å². The molecule has 3 N–H and O–H groups in total. The summed E-state index contributed by atoms with van der Waals surface area (Å²) in [6, 6.07) is 18.4. The molecule has 0 bridgehead atoms. The minimum Gasteiger partial charge on any atom is -0.494 e. The number of carbonyl (C=O) groups excluding carboxylic acids is 2. The number of unbranched alkanes of at least 4 members (excludes halogenated alkanes) is 1. The molecule has 0 spiro atoms. The summed E-state index contributed by atoms with van der Waals surface area (Å²) in [5, 5.41) is 6.80.